The van der Waals surface area contributed by atoms with E-state index in [2.05, 4.69) is 15.0 Å². The molecule has 0 amide bonds. The Morgan fingerprint density at radius 3 is 1.57 bits per heavy atom. The lowest BCUT2D eigenvalue weighted by atomic mass is 10.3. The highest BCUT2D eigenvalue weighted by Gasteiger charge is 1.98. The van der Waals surface area contributed by atoms with Crippen LogP contribution in [0.5, 0.6) is 0 Å². The van der Waals surface area contributed by atoms with Gasteiger partial charge in [-0.25, -0.2) is 4.98 Å². The SMILES string of the molecule is Clc1cc(C=Nc2ccccc2)nc(C=Nc2ccccc2)c1. The van der Waals surface area contributed by atoms with Gasteiger partial charge in [-0.3, -0.25) is 9.98 Å². The molecule has 0 unspecified atom stereocenters. The van der Waals surface area contributed by atoms with Crippen LogP contribution in [0.3, 0.4) is 0 Å². The summed E-state index contributed by atoms with van der Waals surface area (Å²) in [6.07, 6.45) is 3.39. The van der Waals surface area contributed by atoms with E-state index in [-0.39, 0.29) is 0 Å². The summed E-state index contributed by atoms with van der Waals surface area (Å²) in [6, 6.07) is 22.9. The number of aromatic nitrogens is 1. The van der Waals surface area contributed by atoms with Crippen LogP contribution in [0.1, 0.15) is 11.4 Å². The molecule has 0 atom stereocenters. The average molecular weight is 320 g/mol. The maximum atomic E-state index is 6.15. The van der Waals surface area contributed by atoms with E-state index in [0.717, 1.165) is 11.4 Å². The zero-order chi connectivity index (χ0) is 15.9. The lowest BCUT2D eigenvalue weighted by Gasteiger charge is -1.99. The summed E-state index contributed by atoms with van der Waals surface area (Å²) < 4.78 is 0. The van der Waals surface area contributed by atoms with Gasteiger partial charge in [0.15, 0.2) is 0 Å². The summed E-state index contributed by atoms with van der Waals surface area (Å²) in [5.74, 6) is 0. The molecule has 0 N–H and O–H groups in total. The maximum absolute atomic E-state index is 6.15. The van der Waals surface area contributed by atoms with Gasteiger partial charge in [0.2, 0.25) is 0 Å². The number of hydrogen-bond acceptors (Lipinski definition) is 3. The third-order valence-electron chi connectivity index (χ3n) is 3.03. The van der Waals surface area contributed by atoms with Gasteiger partial charge in [0, 0.05) is 5.02 Å². The maximum Gasteiger partial charge on any atom is 0.0835 e. The van der Waals surface area contributed by atoms with E-state index in [1.807, 2.05) is 60.7 Å². The molecule has 0 bridgehead atoms. The van der Waals surface area contributed by atoms with E-state index in [1.54, 1.807) is 24.6 Å². The first-order chi connectivity index (χ1) is 11.3. The summed E-state index contributed by atoms with van der Waals surface area (Å²) in [4.78, 5) is 13.3. The van der Waals surface area contributed by atoms with Crippen LogP contribution in [0.15, 0.2) is 82.8 Å². The Labute approximate surface area is 140 Å². The molecule has 112 valence electrons. The smallest absolute Gasteiger partial charge is 0.0835 e. The standard InChI is InChI=1S/C19H14ClN3/c20-15-11-18(13-21-16-7-3-1-4-8-16)23-19(12-15)14-22-17-9-5-2-6-10-17/h1-14H. The lowest BCUT2D eigenvalue weighted by molar-refractivity contribution is 1.27. The van der Waals surface area contributed by atoms with Gasteiger partial charge in [-0.15, -0.1) is 0 Å². The van der Waals surface area contributed by atoms with Crippen molar-refractivity contribution in [3.05, 3.63) is 89.2 Å². The van der Waals surface area contributed by atoms with E-state index in [0.29, 0.717) is 16.4 Å². The predicted molar refractivity (Wildman–Crippen MR) is 96.6 cm³/mol. The molecule has 0 saturated heterocycles. The Balaban J connectivity index is 1.82. The van der Waals surface area contributed by atoms with Crippen molar-refractivity contribution in [1.82, 2.24) is 4.98 Å². The molecule has 23 heavy (non-hydrogen) atoms. The van der Waals surface area contributed by atoms with Crippen LogP contribution in [0.2, 0.25) is 5.02 Å². The Kier molecular flexibility index (Phi) is 4.92. The fourth-order valence-corrected chi connectivity index (χ4v) is 2.20. The average Bonchev–Trinajstić information content (AvgIpc) is 2.60. The zero-order valence-electron chi connectivity index (χ0n) is 12.3. The number of hydrogen-bond donors (Lipinski definition) is 0. The molecule has 1 aromatic heterocycles. The second-order valence-electron chi connectivity index (χ2n) is 4.82. The van der Waals surface area contributed by atoms with Crippen LogP contribution in [-0.2, 0) is 0 Å². The number of halogens is 1. The first-order valence-corrected chi connectivity index (χ1v) is 7.53. The van der Waals surface area contributed by atoms with Crippen molar-refractivity contribution in [2.24, 2.45) is 9.98 Å². The number of benzene rings is 2. The van der Waals surface area contributed by atoms with Gasteiger partial charge >= 0.3 is 0 Å². The highest BCUT2D eigenvalue weighted by atomic mass is 35.5. The second-order valence-corrected chi connectivity index (χ2v) is 5.26. The van der Waals surface area contributed by atoms with Gasteiger partial charge in [0.05, 0.1) is 35.2 Å². The summed E-state index contributed by atoms with van der Waals surface area (Å²) in [7, 11) is 0. The molecule has 0 fully saturated rings. The first-order valence-electron chi connectivity index (χ1n) is 7.15. The van der Waals surface area contributed by atoms with Crippen molar-refractivity contribution in [1.29, 1.82) is 0 Å². The molecule has 0 aliphatic heterocycles. The van der Waals surface area contributed by atoms with E-state index in [1.165, 1.54) is 0 Å². The molecular weight excluding hydrogens is 306 g/mol. The molecule has 4 heteroatoms. The second kappa shape index (κ2) is 7.47. The molecule has 0 saturated carbocycles. The topological polar surface area (TPSA) is 37.6 Å². The zero-order valence-corrected chi connectivity index (χ0v) is 13.1. The van der Waals surface area contributed by atoms with E-state index < -0.39 is 0 Å². The Morgan fingerprint density at radius 2 is 1.13 bits per heavy atom. The monoisotopic (exact) mass is 319 g/mol. The minimum absolute atomic E-state index is 0.601. The van der Waals surface area contributed by atoms with Gasteiger partial charge in [0.25, 0.3) is 0 Å². The fourth-order valence-electron chi connectivity index (χ4n) is 1.98. The molecular formula is C19H14ClN3. The summed E-state index contributed by atoms with van der Waals surface area (Å²) in [6.45, 7) is 0. The highest BCUT2D eigenvalue weighted by Crippen LogP contribution is 2.14. The number of aliphatic imine (C=N–C) groups is 2. The third kappa shape index (κ3) is 4.59. The molecule has 3 aromatic rings. The molecule has 0 aliphatic rings. The van der Waals surface area contributed by atoms with E-state index >= 15 is 0 Å². The summed E-state index contributed by atoms with van der Waals surface area (Å²) in [5, 5.41) is 0.601. The summed E-state index contributed by atoms with van der Waals surface area (Å²) in [5.41, 5.74) is 3.12. The minimum Gasteiger partial charge on any atom is -0.255 e. The van der Waals surface area contributed by atoms with Crippen molar-refractivity contribution in [3.63, 3.8) is 0 Å². The van der Waals surface area contributed by atoms with Crippen LogP contribution >= 0.6 is 11.6 Å². The Bertz CT molecular complexity index is 760. The first kappa shape index (κ1) is 15.1. The highest BCUT2D eigenvalue weighted by molar-refractivity contribution is 6.31. The van der Waals surface area contributed by atoms with E-state index in [4.69, 9.17) is 11.6 Å². The molecule has 2 aromatic carbocycles. The number of nitrogens with zero attached hydrogens (tertiary/aromatic N) is 3. The summed E-state index contributed by atoms with van der Waals surface area (Å²) >= 11 is 6.15. The molecule has 1 heterocycles. The minimum atomic E-state index is 0.601. The number of para-hydroxylation sites is 2. The normalized spacial score (nSPS) is 11.3. The number of pyridine rings is 1. The molecule has 0 aliphatic carbocycles. The van der Waals surface area contributed by atoms with Crippen molar-refractivity contribution < 1.29 is 0 Å². The van der Waals surface area contributed by atoms with Gasteiger partial charge in [-0.2, -0.15) is 0 Å². The quantitative estimate of drug-likeness (QED) is 0.606. The Morgan fingerprint density at radius 1 is 0.696 bits per heavy atom. The van der Waals surface area contributed by atoms with Crippen LogP contribution < -0.4 is 0 Å². The lowest BCUT2D eigenvalue weighted by Crippen LogP contribution is -1.94. The molecule has 0 spiro atoms. The predicted octanol–water partition coefficient (Wildman–Crippen LogP) is 5.24. The molecule has 3 rings (SSSR count). The Hall–Kier alpha value is -2.78. The van der Waals surface area contributed by atoms with Crippen molar-refractivity contribution >= 4 is 35.4 Å². The van der Waals surface area contributed by atoms with Gasteiger partial charge in [0.1, 0.15) is 0 Å². The van der Waals surface area contributed by atoms with Crippen LogP contribution in [0.4, 0.5) is 11.4 Å². The third-order valence-corrected chi connectivity index (χ3v) is 3.25. The van der Waals surface area contributed by atoms with Crippen LogP contribution in [-0.4, -0.2) is 17.4 Å². The van der Waals surface area contributed by atoms with Crippen molar-refractivity contribution in [3.8, 4) is 0 Å². The van der Waals surface area contributed by atoms with Crippen molar-refractivity contribution in [2.75, 3.05) is 0 Å². The fraction of sp³-hybridized carbons (Fsp3) is 0. The van der Waals surface area contributed by atoms with Gasteiger partial charge < -0.3 is 0 Å². The van der Waals surface area contributed by atoms with Crippen LogP contribution in [0.25, 0.3) is 0 Å². The molecule has 3 nitrogen and oxygen atoms in total. The number of rotatable bonds is 4. The van der Waals surface area contributed by atoms with Crippen LogP contribution in [0, 0.1) is 0 Å². The molecule has 0 radical (unpaired) electrons. The van der Waals surface area contributed by atoms with Gasteiger partial charge in [-0.1, -0.05) is 48.0 Å². The van der Waals surface area contributed by atoms with Crippen molar-refractivity contribution in [2.45, 2.75) is 0 Å². The van der Waals surface area contributed by atoms with E-state index in [9.17, 15) is 0 Å². The van der Waals surface area contributed by atoms with Gasteiger partial charge in [-0.05, 0) is 36.4 Å². The largest absolute Gasteiger partial charge is 0.255 e.